The number of rotatable bonds is 7. The first kappa shape index (κ1) is 17.5. The van der Waals surface area contributed by atoms with E-state index in [4.69, 9.17) is 4.74 Å². The van der Waals surface area contributed by atoms with E-state index in [2.05, 4.69) is 10.4 Å². The Bertz CT molecular complexity index is 697. The van der Waals surface area contributed by atoms with Crippen LogP contribution in [0.2, 0.25) is 0 Å². The maximum Gasteiger partial charge on any atom is 0.278 e. The molecule has 0 aliphatic heterocycles. The Morgan fingerprint density at radius 3 is 2.54 bits per heavy atom. The third kappa shape index (κ3) is 3.92. The predicted molar refractivity (Wildman–Crippen MR) is 90.4 cm³/mol. The van der Waals surface area contributed by atoms with E-state index < -0.39 is 0 Å². The molecular formula is C17H22N4O3. The van der Waals surface area contributed by atoms with Crippen molar-refractivity contribution in [1.29, 1.82) is 0 Å². The predicted octanol–water partition coefficient (Wildman–Crippen LogP) is 1.48. The van der Waals surface area contributed by atoms with Gasteiger partial charge in [0.1, 0.15) is 0 Å². The van der Waals surface area contributed by atoms with Crippen LogP contribution in [-0.2, 0) is 4.79 Å². The van der Waals surface area contributed by atoms with E-state index in [1.165, 1.54) is 12.0 Å². The van der Waals surface area contributed by atoms with Gasteiger partial charge in [0.05, 0.1) is 25.5 Å². The summed E-state index contributed by atoms with van der Waals surface area (Å²) in [5.41, 5.74) is 1.01. The molecule has 2 rings (SSSR count). The maximum absolute atomic E-state index is 12.7. The number of ether oxygens (including phenoxy) is 1. The zero-order valence-corrected chi connectivity index (χ0v) is 14.2. The molecule has 1 N–H and O–H groups in total. The number of carbonyl (C=O) groups excluding carboxylic acids is 2. The highest BCUT2D eigenvalue weighted by Gasteiger charge is 2.24. The number of nitrogens with zero attached hydrogens (tertiary/aromatic N) is 3. The van der Waals surface area contributed by atoms with Crippen molar-refractivity contribution in [3.05, 3.63) is 42.2 Å². The molecule has 24 heavy (non-hydrogen) atoms. The van der Waals surface area contributed by atoms with Crippen molar-refractivity contribution in [3.8, 4) is 11.4 Å². The van der Waals surface area contributed by atoms with Crippen LogP contribution in [0.5, 0.6) is 5.75 Å². The fourth-order valence-corrected chi connectivity index (χ4v) is 2.27. The number of amides is 2. The Kier molecular flexibility index (Phi) is 5.95. The monoisotopic (exact) mass is 330 g/mol. The van der Waals surface area contributed by atoms with Crippen molar-refractivity contribution < 1.29 is 14.3 Å². The Hall–Kier alpha value is -2.83. The molecule has 0 aliphatic carbocycles. The summed E-state index contributed by atoms with van der Waals surface area (Å²) in [6.07, 6.45) is 1.66. The van der Waals surface area contributed by atoms with Crippen LogP contribution < -0.4 is 10.1 Å². The molecular weight excluding hydrogens is 308 g/mol. The topological polar surface area (TPSA) is 76.5 Å². The first-order valence-corrected chi connectivity index (χ1v) is 7.85. The smallest absolute Gasteiger partial charge is 0.278 e. The number of hydrogen-bond donors (Lipinski definition) is 1. The molecule has 2 amide bonds. The average molecular weight is 330 g/mol. The van der Waals surface area contributed by atoms with E-state index in [9.17, 15) is 9.59 Å². The number of hydrogen-bond acceptors (Lipinski definition) is 4. The van der Waals surface area contributed by atoms with Crippen LogP contribution in [0.1, 0.15) is 24.3 Å². The highest BCUT2D eigenvalue weighted by molar-refractivity contribution is 5.97. The molecule has 0 saturated heterocycles. The number of benzene rings is 1. The Labute approximate surface area is 141 Å². The summed E-state index contributed by atoms with van der Waals surface area (Å²) >= 11 is 0. The lowest BCUT2D eigenvalue weighted by molar-refractivity contribution is -0.121. The van der Waals surface area contributed by atoms with Gasteiger partial charge in [0, 0.05) is 13.1 Å². The highest BCUT2D eigenvalue weighted by Crippen LogP contribution is 2.21. The minimum Gasteiger partial charge on any atom is -0.493 e. The van der Waals surface area contributed by atoms with Crippen LogP contribution in [0.25, 0.3) is 5.69 Å². The van der Waals surface area contributed by atoms with Gasteiger partial charge in [-0.1, -0.05) is 18.2 Å². The standard InChI is InChI=1S/C17H22N4O3/c1-4-18-15(22)12-20(5-2)17(23)16-14(24-3)11-21(19-16)13-9-7-6-8-10-13/h6-11H,4-5,12H2,1-3H3,(H,18,22). The zero-order chi connectivity index (χ0) is 17.5. The van der Waals surface area contributed by atoms with Gasteiger partial charge in [0.25, 0.3) is 5.91 Å². The Balaban J connectivity index is 2.27. The lowest BCUT2D eigenvalue weighted by Gasteiger charge is -2.19. The molecule has 0 aliphatic rings. The summed E-state index contributed by atoms with van der Waals surface area (Å²) in [7, 11) is 1.49. The molecule has 7 heteroatoms. The quantitative estimate of drug-likeness (QED) is 0.834. The van der Waals surface area contributed by atoms with Crippen LogP contribution in [0, 0.1) is 0 Å². The van der Waals surface area contributed by atoms with Crippen molar-refractivity contribution in [2.45, 2.75) is 13.8 Å². The number of para-hydroxylation sites is 1. The fourth-order valence-electron chi connectivity index (χ4n) is 2.27. The average Bonchev–Trinajstić information content (AvgIpc) is 3.04. The number of carbonyl (C=O) groups is 2. The molecule has 0 spiro atoms. The second-order valence-electron chi connectivity index (χ2n) is 5.10. The minimum atomic E-state index is -0.338. The Morgan fingerprint density at radius 2 is 1.96 bits per heavy atom. The van der Waals surface area contributed by atoms with Crippen LogP contribution in [0.15, 0.2) is 36.5 Å². The van der Waals surface area contributed by atoms with Crippen molar-refractivity contribution >= 4 is 11.8 Å². The van der Waals surface area contributed by atoms with E-state index in [1.54, 1.807) is 10.9 Å². The summed E-state index contributed by atoms with van der Waals surface area (Å²) in [4.78, 5) is 25.9. The molecule has 1 aromatic heterocycles. The first-order chi connectivity index (χ1) is 11.6. The van der Waals surface area contributed by atoms with Gasteiger partial charge in [-0.2, -0.15) is 5.10 Å². The molecule has 128 valence electrons. The third-order valence-electron chi connectivity index (χ3n) is 3.50. The lowest BCUT2D eigenvalue weighted by Crippen LogP contribution is -2.40. The van der Waals surface area contributed by atoms with Gasteiger partial charge in [0.15, 0.2) is 11.4 Å². The van der Waals surface area contributed by atoms with Crippen LogP contribution in [-0.4, -0.2) is 53.2 Å². The van der Waals surface area contributed by atoms with Crippen molar-refractivity contribution in [2.24, 2.45) is 0 Å². The summed E-state index contributed by atoms with van der Waals surface area (Å²) in [6, 6.07) is 9.44. The van der Waals surface area contributed by atoms with Crippen LogP contribution in [0.3, 0.4) is 0 Å². The molecule has 0 radical (unpaired) electrons. The van der Waals surface area contributed by atoms with E-state index in [-0.39, 0.29) is 24.1 Å². The van der Waals surface area contributed by atoms with Crippen LogP contribution in [0.4, 0.5) is 0 Å². The fraction of sp³-hybridized carbons (Fsp3) is 0.353. The van der Waals surface area contributed by atoms with Crippen molar-refractivity contribution in [1.82, 2.24) is 20.0 Å². The number of likely N-dealkylation sites (N-methyl/N-ethyl adjacent to an activating group) is 2. The highest BCUT2D eigenvalue weighted by atomic mass is 16.5. The summed E-state index contributed by atoms with van der Waals surface area (Å²) < 4.78 is 6.87. The lowest BCUT2D eigenvalue weighted by atomic mass is 10.3. The summed E-state index contributed by atoms with van der Waals surface area (Å²) in [6.45, 7) is 4.57. The van der Waals surface area contributed by atoms with Crippen molar-refractivity contribution in [2.75, 3.05) is 26.7 Å². The maximum atomic E-state index is 12.7. The summed E-state index contributed by atoms with van der Waals surface area (Å²) in [5, 5.41) is 7.03. The van der Waals surface area contributed by atoms with E-state index in [1.807, 2.05) is 44.2 Å². The summed E-state index contributed by atoms with van der Waals surface area (Å²) in [5.74, 6) is -0.164. The van der Waals surface area contributed by atoms with Gasteiger partial charge < -0.3 is 15.0 Å². The number of methoxy groups -OCH3 is 1. The molecule has 0 atom stereocenters. The Morgan fingerprint density at radius 1 is 1.25 bits per heavy atom. The van der Waals surface area contributed by atoms with E-state index in [0.717, 1.165) is 5.69 Å². The van der Waals surface area contributed by atoms with Gasteiger partial charge in [-0.25, -0.2) is 4.68 Å². The van der Waals surface area contributed by atoms with E-state index in [0.29, 0.717) is 18.8 Å². The van der Waals surface area contributed by atoms with Crippen LogP contribution >= 0.6 is 0 Å². The van der Waals surface area contributed by atoms with Gasteiger partial charge in [0.2, 0.25) is 5.91 Å². The molecule has 0 unspecified atom stereocenters. The second-order valence-corrected chi connectivity index (χ2v) is 5.10. The molecule has 0 saturated carbocycles. The third-order valence-corrected chi connectivity index (χ3v) is 3.50. The number of aromatic nitrogens is 2. The normalized spacial score (nSPS) is 10.3. The molecule has 1 aromatic carbocycles. The van der Waals surface area contributed by atoms with Gasteiger partial charge in [-0.3, -0.25) is 9.59 Å². The molecule has 0 fully saturated rings. The second kappa shape index (κ2) is 8.14. The zero-order valence-electron chi connectivity index (χ0n) is 14.2. The van der Waals surface area contributed by atoms with Gasteiger partial charge in [-0.15, -0.1) is 0 Å². The number of nitrogens with one attached hydrogen (secondary N) is 1. The molecule has 7 nitrogen and oxygen atoms in total. The molecule has 1 heterocycles. The SMILES string of the molecule is CCNC(=O)CN(CC)C(=O)c1nn(-c2ccccc2)cc1OC. The minimum absolute atomic E-state index is 0.00940. The molecule has 0 bridgehead atoms. The van der Waals surface area contributed by atoms with Crippen molar-refractivity contribution in [3.63, 3.8) is 0 Å². The largest absolute Gasteiger partial charge is 0.493 e. The van der Waals surface area contributed by atoms with E-state index >= 15 is 0 Å². The molecule has 2 aromatic rings. The van der Waals surface area contributed by atoms with Gasteiger partial charge >= 0.3 is 0 Å². The van der Waals surface area contributed by atoms with Gasteiger partial charge in [-0.05, 0) is 26.0 Å². The first-order valence-electron chi connectivity index (χ1n) is 7.85.